The molecule has 1 aliphatic carbocycles. The van der Waals surface area contributed by atoms with Gasteiger partial charge in [-0.25, -0.2) is 4.79 Å². The second kappa shape index (κ2) is 8.29. The second-order valence-corrected chi connectivity index (χ2v) is 6.94. The number of aliphatic hydroxyl groups excluding tert-OH is 1. The predicted octanol–water partition coefficient (Wildman–Crippen LogP) is 3.16. The third-order valence-corrected chi connectivity index (χ3v) is 5.21. The highest BCUT2D eigenvalue weighted by Crippen LogP contribution is 2.27. The Balaban J connectivity index is 1.98. The number of aryl methyl sites for hydroxylation is 1. The molecule has 1 aromatic rings. The molecular formula is C18H27N3O4. The molecule has 0 saturated heterocycles. The van der Waals surface area contributed by atoms with E-state index >= 15 is 0 Å². The Bertz CT molecular complexity index is 627. The highest BCUT2D eigenvalue weighted by Gasteiger charge is 2.27. The van der Waals surface area contributed by atoms with E-state index in [0.29, 0.717) is 17.0 Å². The largest absolute Gasteiger partial charge is 0.396 e. The fourth-order valence-electron chi connectivity index (χ4n) is 3.34. The van der Waals surface area contributed by atoms with Gasteiger partial charge < -0.3 is 15.3 Å². The van der Waals surface area contributed by atoms with E-state index in [1.807, 2.05) is 6.92 Å². The highest BCUT2D eigenvalue weighted by atomic mass is 16.6. The van der Waals surface area contributed by atoms with Crippen LogP contribution in [-0.2, 0) is 0 Å². The SMILES string of the molecule is Cc1ccc(C(C)NC(=O)N(C)C2CCC(CO)CC2)cc1[N+](=O)[O-]. The number of aliphatic hydroxyl groups is 1. The Morgan fingerprint density at radius 1 is 1.40 bits per heavy atom. The summed E-state index contributed by atoms with van der Waals surface area (Å²) in [6.07, 6.45) is 3.63. The van der Waals surface area contributed by atoms with Gasteiger partial charge in [-0.3, -0.25) is 10.1 Å². The number of carbonyl (C=O) groups excluding carboxylic acids is 1. The summed E-state index contributed by atoms with van der Waals surface area (Å²) in [5.41, 5.74) is 1.38. The molecule has 1 aromatic carbocycles. The molecule has 2 N–H and O–H groups in total. The van der Waals surface area contributed by atoms with Crippen LogP contribution in [0.25, 0.3) is 0 Å². The molecule has 138 valence electrons. The average molecular weight is 349 g/mol. The van der Waals surface area contributed by atoms with E-state index in [2.05, 4.69) is 5.32 Å². The maximum atomic E-state index is 12.5. The monoisotopic (exact) mass is 349 g/mol. The Kier molecular flexibility index (Phi) is 6.36. The van der Waals surface area contributed by atoms with Crippen LogP contribution in [0.2, 0.25) is 0 Å². The topological polar surface area (TPSA) is 95.7 Å². The molecule has 0 aromatic heterocycles. The van der Waals surface area contributed by atoms with Crippen molar-refractivity contribution in [3.05, 3.63) is 39.4 Å². The number of nitrogens with one attached hydrogen (secondary N) is 1. The zero-order chi connectivity index (χ0) is 18.6. The number of benzene rings is 1. The van der Waals surface area contributed by atoms with Crippen molar-refractivity contribution in [1.82, 2.24) is 10.2 Å². The fourth-order valence-corrected chi connectivity index (χ4v) is 3.34. The minimum absolute atomic E-state index is 0.0641. The maximum Gasteiger partial charge on any atom is 0.317 e. The Hall–Kier alpha value is -2.15. The van der Waals surface area contributed by atoms with E-state index in [0.717, 1.165) is 25.7 Å². The van der Waals surface area contributed by atoms with Crippen LogP contribution in [0.3, 0.4) is 0 Å². The number of amides is 2. The molecule has 0 radical (unpaired) electrons. The van der Waals surface area contributed by atoms with Crippen molar-refractivity contribution in [1.29, 1.82) is 0 Å². The molecular weight excluding hydrogens is 322 g/mol. The van der Waals surface area contributed by atoms with Gasteiger partial charge in [0.2, 0.25) is 0 Å². The number of nitrogens with zero attached hydrogens (tertiary/aromatic N) is 2. The Morgan fingerprint density at radius 2 is 2.04 bits per heavy atom. The number of hydrogen-bond acceptors (Lipinski definition) is 4. The quantitative estimate of drug-likeness (QED) is 0.630. The summed E-state index contributed by atoms with van der Waals surface area (Å²) in [4.78, 5) is 24.9. The normalized spacial score (nSPS) is 21.4. The van der Waals surface area contributed by atoms with Crippen LogP contribution >= 0.6 is 0 Å². The van der Waals surface area contributed by atoms with Gasteiger partial charge >= 0.3 is 6.03 Å². The van der Waals surface area contributed by atoms with Crippen molar-refractivity contribution in [2.45, 2.75) is 51.6 Å². The maximum absolute atomic E-state index is 12.5. The van der Waals surface area contributed by atoms with Crippen LogP contribution in [0.4, 0.5) is 10.5 Å². The van der Waals surface area contributed by atoms with E-state index < -0.39 is 4.92 Å². The number of hydrogen-bond donors (Lipinski definition) is 2. The van der Waals surface area contributed by atoms with Gasteiger partial charge in [0.1, 0.15) is 0 Å². The number of urea groups is 1. The van der Waals surface area contributed by atoms with E-state index in [9.17, 15) is 20.0 Å². The van der Waals surface area contributed by atoms with Crippen LogP contribution in [0.1, 0.15) is 49.8 Å². The van der Waals surface area contributed by atoms with Crippen LogP contribution < -0.4 is 5.32 Å². The predicted molar refractivity (Wildman–Crippen MR) is 95.4 cm³/mol. The van der Waals surface area contributed by atoms with Crippen molar-refractivity contribution in [2.75, 3.05) is 13.7 Å². The van der Waals surface area contributed by atoms with Crippen molar-refractivity contribution < 1.29 is 14.8 Å². The van der Waals surface area contributed by atoms with Gasteiger partial charge in [0.15, 0.2) is 0 Å². The van der Waals surface area contributed by atoms with Crippen LogP contribution in [0.15, 0.2) is 18.2 Å². The van der Waals surface area contributed by atoms with Crippen molar-refractivity contribution >= 4 is 11.7 Å². The molecule has 1 saturated carbocycles. The van der Waals surface area contributed by atoms with Gasteiger partial charge in [0.25, 0.3) is 5.69 Å². The van der Waals surface area contributed by atoms with Gasteiger partial charge in [-0.2, -0.15) is 0 Å². The molecule has 0 heterocycles. The van der Waals surface area contributed by atoms with Gasteiger partial charge in [-0.05, 0) is 51.0 Å². The first-order valence-electron chi connectivity index (χ1n) is 8.72. The number of nitro groups is 1. The van der Waals surface area contributed by atoms with Crippen LogP contribution in [0.5, 0.6) is 0 Å². The first-order valence-corrected chi connectivity index (χ1v) is 8.72. The van der Waals surface area contributed by atoms with Gasteiger partial charge in [-0.1, -0.05) is 12.1 Å². The second-order valence-electron chi connectivity index (χ2n) is 6.94. The zero-order valence-electron chi connectivity index (χ0n) is 15.1. The smallest absolute Gasteiger partial charge is 0.317 e. The Labute approximate surface area is 148 Å². The summed E-state index contributed by atoms with van der Waals surface area (Å²) in [6, 6.07) is 4.70. The number of nitro benzene ring substituents is 1. The first kappa shape index (κ1) is 19.2. The average Bonchev–Trinajstić information content (AvgIpc) is 2.61. The molecule has 2 rings (SSSR count). The van der Waals surface area contributed by atoms with Gasteiger partial charge in [0.05, 0.1) is 11.0 Å². The molecule has 7 nitrogen and oxygen atoms in total. The summed E-state index contributed by atoms with van der Waals surface area (Å²) in [6.45, 7) is 3.73. The summed E-state index contributed by atoms with van der Waals surface area (Å²) in [7, 11) is 1.78. The van der Waals surface area contributed by atoms with E-state index in [-0.39, 0.29) is 30.4 Å². The number of rotatable bonds is 5. The molecule has 0 spiro atoms. The number of carbonyl (C=O) groups is 1. The minimum atomic E-state index is -0.404. The molecule has 25 heavy (non-hydrogen) atoms. The van der Waals surface area contributed by atoms with E-state index in [4.69, 9.17) is 0 Å². The molecule has 0 aliphatic heterocycles. The summed E-state index contributed by atoms with van der Waals surface area (Å²) in [5.74, 6) is 0.347. The van der Waals surface area contributed by atoms with Gasteiger partial charge in [-0.15, -0.1) is 0 Å². The zero-order valence-corrected chi connectivity index (χ0v) is 15.1. The minimum Gasteiger partial charge on any atom is -0.396 e. The van der Waals surface area contributed by atoms with Crippen molar-refractivity contribution in [3.63, 3.8) is 0 Å². The molecule has 2 amide bonds. The molecule has 1 unspecified atom stereocenters. The van der Waals surface area contributed by atoms with Crippen LogP contribution in [0, 0.1) is 23.0 Å². The molecule has 1 atom stereocenters. The summed E-state index contributed by atoms with van der Waals surface area (Å²) < 4.78 is 0. The standard InChI is InChI=1S/C18H27N3O4/c1-12-4-7-15(10-17(12)21(24)25)13(2)19-18(23)20(3)16-8-5-14(11-22)6-9-16/h4,7,10,13-14,16,22H,5-6,8-9,11H2,1-3H3,(H,19,23). The summed E-state index contributed by atoms with van der Waals surface area (Å²) in [5, 5.41) is 23.2. The molecule has 1 aliphatic rings. The molecule has 1 fully saturated rings. The molecule has 7 heteroatoms. The first-order chi connectivity index (χ1) is 11.8. The Morgan fingerprint density at radius 3 is 2.60 bits per heavy atom. The van der Waals surface area contributed by atoms with E-state index in [1.165, 1.54) is 6.07 Å². The van der Waals surface area contributed by atoms with Gasteiger partial charge in [0, 0.05) is 31.3 Å². The third-order valence-electron chi connectivity index (χ3n) is 5.21. The van der Waals surface area contributed by atoms with Crippen molar-refractivity contribution in [3.8, 4) is 0 Å². The van der Waals surface area contributed by atoms with Crippen molar-refractivity contribution in [2.24, 2.45) is 5.92 Å². The van der Waals surface area contributed by atoms with Crippen LogP contribution in [-0.4, -0.2) is 40.7 Å². The molecule has 0 bridgehead atoms. The van der Waals surface area contributed by atoms with E-state index in [1.54, 1.807) is 31.0 Å². The lowest BCUT2D eigenvalue weighted by atomic mass is 9.86. The lowest BCUT2D eigenvalue weighted by molar-refractivity contribution is -0.385. The third kappa shape index (κ3) is 4.69. The fraction of sp³-hybridized carbons (Fsp3) is 0.611. The lowest BCUT2D eigenvalue weighted by Gasteiger charge is -2.34. The lowest BCUT2D eigenvalue weighted by Crippen LogP contribution is -2.45. The summed E-state index contributed by atoms with van der Waals surface area (Å²) >= 11 is 0. The highest BCUT2D eigenvalue weighted by molar-refractivity contribution is 5.74.